The minimum atomic E-state index is -0.394. The number of hydrogen-bond acceptors (Lipinski definition) is 2. The zero-order valence-electron chi connectivity index (χ0n) is 11.1. The fourth-order valence-electron chi connectivity index (χ4n) is 2.79. The van der Waals surface area contributed by atoms with Gasteiger partial charge >= 0.3 is 6.09 Å². The topological polar surface area (TPSA) is 29.5 Å². The number of ether oxygens (including phenoxy) is 1. The van der Waals surface area contributed by atoms with E-state index < -0.39 is 5.60 Å². The van der Waals surface area contributed by atoms with E-state index in [9.17, 15) is 4.79 Å². The first-order valence-corrected chi connectivity index (χ1v) is 6.62. The Kier molecular flexibility index (Phi) is 3.45. The van der Waals surface area contributed by atoms with E-state index in [0.29, 0.717) is 12.0 Å². The minimum Gasteiger partial charge on any atom is -0.444 e. The average Bonchev–Trinajstić information content (AvgIpc) is 2.26. The highest BCUT2D eigenvalue weighted by Crippen LogP contribution is 2.32. The summed E-state index contributed by atoms with van der Waals surface area (Å²) in [5, 5.41) is 0. The Bertz CT molecular complexity index is 317. The number of allylic oxidation sites excluding steroid dienone is 1. The number of piperidine rings is 1. The molecule has 2 rings (SSSR count). The number of fused-ring (bicyclic) bond motifs is 1. The first-order valence-electron chi connectivity index (χ1n) is 6.62. The third-order valence-electron chi connectivity index (χ3n) is 3.53. The highest BCUT2D eigenvalue weighted by atomic mass is 16.6. The van der Waals surface area contributed by atoms with Gasteiger partial charge in [-0.2, -0.15) is 0 Å². The van der Waals surface area contributed by atoms with Crippen LogP contribution >= 0.6 is 0 Å². The van der Waals surface area contributed by atoms with Crippen LogP contribution in [0.3, 0.4) is 0 Å². The Morgan fingerprint density at radius 3 is 2.71 bits per heavy atom. The molecule has 1 saturated heterocycles. The van der Waals surface area contributed by atoms with Crippen molar-refractivity contribution in [1.82, 2.24) is 4.90 Å². The Morgan fingerprint density at radius 2 is 2.00 bits per heavy atom. The number of likely N-dealkylation sites (tertiary alicyclic amines) is 1. The van der Waals surface area contributed by atoms with E-state index >= 15 is 0 Å². The first kappa shape index (κ1) is 12.5. The van der Waals surface area contributed by atoms with Gasteiger partial charge in [-0.1, -0.05) is 12.2 Å². The van der Waals surface area contributed by atoms with Gasteiger partial charge in [0.1, 0.15) is 5.60 Å². The van der Waals surface area contributed by atoms with Crippen molar-refractivity contribution in [1.29, 1.82) is 0 Å². The lowest BCUT2D eigenvalue weighted by Crippen LogP contribution is -2.50. The second-order valence-electron chi connectivity index (χ2n) is 6.09. The molecule has 0 aromatic carbocycles. The number of carbonyl (C=O) groups is 1. The summed E-state index contributed by atoms with van der Waals surface area (Å²) >= 11 is 0. The Balaban J connectivity index is 2.04. The molecule has 1 amide bonds. The van der Waals surface area contributed by atoms with Gasteiger partial charge in [0.25, 0.3) is 0 Å². The smallest absolute Gasteiger partial charge is 0.410 e. The van der Waals surface area contributed by atoms with E-state index in [2.05, 4.69) is 12.2 Å². The summed E-state index contributed by atoms with van der Waals surface area (Å²) in [6.45, 7) is 6.62. The maximum Gasteiger partial charge on any atom is 0.410 e. The van der Waals surface area contributed by atoms with Crippen LogP contribution in [-0.4, -0.2) is 29.2 Å². The largest absolute Gasteiger partial charge is 0.444 e. The molecule has 0 radical (unpaired) electrons. The molecule has 1 heterocycles. The average molecular weight is 237 g/mol. The van der Waals surface area contributed by atoms with Gasteiger partial charge in [-0.25, -0.2) is 4.79 Å². The molecule has 0 saturated carbocycles. The van der Waals surface area contributed by atoms with Crippen molar-refractivity contribution in [3.8, 4) is 0 Å². The van der Waals surface area contributed by atoms with Crippen molar-refractivity contribution < 1.29 is 9.53 Å². The van der Waals surface area contributed by atoms with Gasteiger partial charge in [-0.15, -0.1) is 0 Å². The van der Waals surface area contributed by atoms with Gasteiger partial charge < -0.3 is 9.64 Å². The summed E-state index contributed by atoms with van der Waals surface area (Å²) < 4.78 is 5.49. The fraction of sp³-hybridized carbons (Fsp3) is 0.786. The van der Waals surface area contributed by atoms with Crippen LogP contribution < -0.4 is 0 Å². The van der Waals surface area contributed by atoms with Crippen LogP contribution in [0.15, 0.2) is 12.2 Å². The lowest BCUT2D eigenvalue weighted by molar-refractivity contribution is -0.000209. The second kappa shape index (κ2) is 4.71. The Labute approximate surface area is 104 Å². The van der Waals surface area contributed by atoms with E-state index in [-0.39, 0.29) is 6.09 Å². The number of amides is 1. The quantitative estimate of drug-likeness (QED) is 0.605. The first-order chi connectivity index (χ1) is 7.97. The van der Waals surface area contributed by atoms with Crippen LogP contribution in [0.1, 0.15) is 46.5 Å². The third-order valence-corrected chi connectivity index (χ3v) is 3.53. The number of carbonyl (C=O) groups excluding carboxylic acids is 1. The zero-order chi connectivity index (χ0) is 12.5. The molecule has 0 aromatic heterocycles. The zero-order valence-corrected chi connectivity index (χ0v) is 11.1. The van der Waals surface area contributed by atoms with E-state index in [1.54, 1.807) is 0 Å². The van der Waals surface area contributed by atoms with Gasteiger partial charge in [-0.05, 0) is 52.4 Å². The summed E-state index contributed by atoms with van der Waals surface area (Å²) in [5.74, 6) is 0.640. The standard InChI is InChI=1S/C14H23NO2/c1-14(2,3)17-13(16)15-10-6-8-11-7-4-5-9-12(11)15/h4-5,11-12H,6-10H2,1-3H3/t11-,12+/m0/s1. The van der Waals surface area contributed by atoms with Crippen molar-refractivity contribution in [2.24, 2.45) is 5.92 Å². The summed E-state index contributed by atoms with van der Waals surface area (Å²) in [6, 6.07) is 0.364. The van der Waals surface area contributed by atoms with Crippen molar-refractivity contribution in [2.75, 3.05) is 6.54 Å². The molecular formula is C14H23NO2. The summed E-state index contributed by atoms with van der Waals surface area (Å²) in [7, 11) is 0. The molecule has 1 aliphatic heterocycles. The van der Waals surface area contributed by atoms with Gasteiger partial charge in [0.2, 0.25) is 0 Å². The van der Waals surface area contributed by atoms with E-state index in [4.69, 9.17) is 4.74 Å². The normalized spacial score (nSPS) is 28.8. The summed E-state index contributed by atoms with van der Waals surface area (Å²) in [4.78, 5) is 14.1. The predicted octanol–water partition coefficient (Wildman–Crippen LogP) is 3.35. The third kappa shape index (κ3) is 3.02. The molecule has 2 aliphatic rings. The summed E-state index contributed by atoms with van der Waals surface area (Å²) in [6.07, 6.45) is 8.77. The van der Waals surface area contributed by atoms with Crippen molar-refractivity contribution in [2.45, 2.75) is 58.1 Å². The molecule has 96 valence electrons. The Hall–Kier alpha value is -0.990. The molecule has 1 fully saturated rings. The van der Waals surface area contributed by atoms with Crippen LogP contribution in [0, 0.1) is 5.92 Å². The SMILES string of the molecule is CC(C)(C)OC(=O)N1CCC[C@@H]2CC=CC[C@H]21. The number of nitrogens with zero attached hydrogens (tertiary/aromatic N) is 1. The van der Waals surface area contributed by atoms with E-state index in [1.807, 2.05) is 25.7 Å². The molecule has 0 spiro atoms. The van der Waals surface area contributed by atoms with Crippen molar-refractivity contribution in [3.63, 3.8) is 0 Å². The molecule has 0 aromatic rings. The van der Waals surface area contributed by atoms with E-state index in [1.165, 1.54) is 6.42 Å². The molecule has 1 aliphatic carbocycles. The van der Waals surface area contributed by atoms with Gasteiger partial charge in [0, 0.05) is 12.6 Å². The molecule has 2 atom stereocenters. The van der Waals surface area contributed by atoms with Crippen molar-refractivity contribution >= 4 is 6.09 Å². The van der Waals surface area contributed by atoms with Crippen molar-refractivity contribution in [3.05, 3.63) is 12.2 Å². The maximum atomic E-state index is 12.1. The Morgan fingerprint density at radius 1 is 1.29 bits per heavy atom. The molecule has 3 heteroatoms. The molecule has 0 unspecified atom stereocenters. The van der Waals surface area contributed by atoms with Crippen LogP contribution in [0.25, 0.3) is 0 Å². The number of rotatable bonds is 0. The minimum absolute atomic E-state index is 0.137. The fourth-order valence-corrected chi connectivity index (χ4v) is 2.79. The second-order valence-corrected chi connectivity index (χ2v) is 6.09. The molecule has 3 nitrogen and oxygen atoms in total. The predicted molar refractivity (Wildman–Crippen MR) is 67.8 cm³/mol. The lowest BCUT2D eigenvalue weighted by atomic mass is 9.82. The molecule has 0 N–H and O–H groups in total. The molecular weight excluding hydrogens is 214 g/mol. The van der Waals surface area contributed by atoms with Crippen LogP contribution in [0.4, 0.5) is 4.79 Å². The highest BCUT2D eigenvalue weighted by Gasteiger charge is 2.36. The summed E-state index contributed by atoms with van der Waals surface area (Å²) in [5.41, 5.74) is -0.394. The van der Waals surface area contributed by atoms with Crippen LogP contribution in [-0.2, 0) is 4.74 Å². The molecule has 0 bridgehead atoms. The molecule has 17 heavy (non-hydrogen) atoms. The van der Waals surface area contributed by atoms with E-state index in [0.717, 1.165) is 25.8 Å². The number of hydrogen-bond donors (Lipinski definition) is 0. The van der Waals surface area contributed by atoms with Gasteiger partial charge in [0.05, 0.1) is 0 Å². The van der Waals surface area contributed by atoms with Gasteiger partial charge in [-0.3, -0.25) is 0 Å². The van der Waals surface area contributed by atoms with Gasteiger partial charge in [0.15, 0.2) is 0 Å². The lowest BCUT2D eigenvalue weighted by Gasteiger charge is -2.42. The van der Waals surface area contributed by atoms with Crippen LogP contribution in [0.5, 0.6) is 0 Å². The van der Waals surface area contributed by atoms with Crippen LogP contribution in [0.2, 0.25) is 0 Å². The maximum absolute atomic E-state index is 12.1. The highest BCUT2D eigenvalue weighted by molar-refractivity contribution is 5.68. The monoisotopic (exact) mass is 237 g/mol.